The summed E-state index contributed by atoms with van der Waals surface area (Å²) in [5.74, 6) is -0.393. The minimum atomic E-state index is -3.69. The molecule has 0 saturated heterocycles. The lowest BCUT2D eigenvalue weighted by Gasteiger charge is -2.20. The quantitative estimate of drug-likeness (QED) is 0.621. The number of benzene rings is 2. The van der Waals surface area contributed by atoms with Gasteiger partial charge in [0.2, 0.25) is 15.9 Å². The van der Waals surface area contributed by atoms with E-state index in [1.807, 2.05) is 13.0 Å². The van der Waals surface area contributed by atoms with E-state index < -0.39 is 27.4 Å². The summed E-state index contributed by atoms with van der Waals surface area (Å²) in [4.78, 5) is 24.5. The van der Waals surface area contributed by atoms with Gasteiger partial charge in [0, 0.05) is 11.1 Å². The first-order chi connectivity index (χ1) is 13.9. The second-order valence-corrected chi connectivity index (χ2v) is 9.50. The third-order valence-corrected chi connectivity index (χ3v) is 5.68. The SMILES string of the molecule is COc1ccc(C)cc1NC(=O)CNC(=O)c1ccc(S(=O)(=O)NC(C)(C)C)cc1. The lowest BCUT2D eigenvalue weighted by Crippen LogP contribution is -2.40. The lowest BCUT2D eigenvalue weighted by molar-refractivity contribution is -0.115. The van der Waals surface area contributed by atoms with Crippen LogP contribution in [0.4, 0.5) is 5.69 Å². The number of hydrogen-bond acceptors (Lipinski definition) is 5. The van der Waals surface area contributed by atoms with Crippen molar-refractivity contribution in [2.24, 2.45) is 0 Å². The van der Waals surface area contributed by atoms with Crippen LogP contribution in [0.1, 0.15) is 36.7 Å². The number of methoxy groups -OCH3 is 1. The van der Waals surface area contributed by atoms with Gasteiger partial charge in [-0.2, -0.15) is 0 Å². The maximum absolute atomic E-state index is 12.3. The van der Waals surface area contributed by atoms with E-state index in [-0.39, 0.29) is 17.0 Å². The number of carbonyl (C=O) groups excluding carboxylic acids is 2. The molecule has 2 aromatic carbocycles. The van der Waals surface area contributed by atoms with Crippen LogP contribution in [0.5, 0.6) is 5.75 Å². The largest absolute Gasteiger partial charge is 0.495 e. The van der Waals surface area contributed by atoms with Crippen molar-refractivity contribution in [1.29, 1.82) is 0 Å². The van der Waals surface area contributed by atoms with Crippen LogP contribution in [0, 0.1) is 6.92 Å². The molecule has 0 radical (unpaired) electrons. The first-order valence-corrected chi connectivity index (χ1v) is 10.8. The number of nitrogens with one attached hydrogen (secondary N) is 3. The monoisotopic (exact) mass is 433 g/mol. The average molecular weight is 434 g/mol. The van der Waals surface area contributed by atoms with Gasteiger partial charge in [0.15, 0.2) is 0 Å². The second kappa shape index (κ2) is 9.27. The van der Waals surface area contributed by atoms with E-state index in [1.165, 1.54) is 31.4 Å². The number of rotatable bonds is 7. The van der Waals surface area contributed by atoms with E-state index in [2.05, 4.69) is 15.4 Å². The third-order valence-electron chi connectivity index (χ3n) is 3.91. The molecule has 0 spiro atoms. The fourth-order valence-corrected chi connectivity index (χ4v) is 4.04. The maximum atomic E-state index is 12.3. The van der Waals surface area contributed by atoms with Crippen molar-refractivity contribution in [3.8, 4) is 5.75 Å². The van der Waals surface area contributed by atoms with E-state index in [0.29, 0.717) is 11.4 Å². The van der Waals surface area contributed by atoms with Crippen molar-refractivity contribution >= 4 is 27.5 Å². The number of sulfonamides is 1. The molecule has 0 aliphatic rings. The Morgan fingerprint density at radius 2 is 1.67 bits per heavy atom. The number of ether oxygens (including phenoxy) is 1. The molecule has 9 heteroatoms. The average Bonchev–Trinajstić information content (AvgIpc) is 2.64. The molecule has 30 heavy (non-hydrogen) atoms. The van der Waals surface area contributed by atoms with Gasteiger partial charge in [-0.15, -0.1) is 0 Å². The highest BCUT2D eigenvalue weighted by Gasteiger charge is 2.22. The minimum Gasteiger partial charge on any atom is -0.495 e. The minimum absolute atomic E-state index is 0.0539. The molecular weight excluding hydrogens is 406 g/mol. The lowest BCUT2D eigenvalue weighted by atomic mass is 10.1. The second-order valence-electron chi connectivity index (χ2n) is 7.81. The van der Waals surface area contributed by atoms with Gasteiger partial charge in [0.25, 0.3) is 5.91 Å². The molecule has 0 aliphatic carbocycles. The molecule has 0 atom stereocenters. The molecule has 0 heterocycles. The summed E-state index contributed by atoms with van der Waals surface area (Å²) in [6.07, 6.45) is 0. The Labute approximate surface area is 177 Å². The molecule has 0 saturated carbocycles. The molecule has 8 nitrogen and oxygen atoms in total. The molecule has 2 rings (SSSR count). The zero-order valence-electron chi connectivity index (χ0n) is 17.7. The Balaban J connectivity index is 1.98. The van der Waals surface area contributed by atoms with Crippen molar-refractivity contribution in [3.63, 3.8) is 0 Å². The van der Waals surface area contributed by atoms with Crippen LogP contribution in [0.2, 0.25) is 0 Å². The van der Waals surface area contributed by atoms with E-state index >= 15 is 0 Å². The summed E-state index contributed by atoms with van der Waals surface area (Å²) in [7, 11) is -2.19. The van der Waals surface area contributed by atoms with Crippen LogP contribution < -0.4 is 20.1 Å². The molecule has 162 valence electrons. The molecule has 3 N–H and O–H groups in total. The van der Waals surface area contributed by atoms with E-state index in [1.54, 1.807) is 32.9 Å². The zero-order chi connectivity index (χ0) is 22.5. The number of aryl methyl sites for hydroxylation is 1. The smallest absolute Gasteiger partial charge is 0.251 e. The summed E-state index contributed by atoms with van der Waals surface area (Å²) >= 11 is 0. The van der Waals surface area contributed by atoms with Gasteiger partial charge < -0.3 is 15.4 Å². The highest BCUT2D eigenvalue weighted by Crippen LogP contribution is 2.25. The summed E-state index contributed by atoms with van der Waals surface area (Å²) in [5.41, 5.74) is 1.08. The molecule has 0 unspecified atom stereocenters. The fraction of sp³-hybridized carbons (Fsp3) is 0.333. The Kier molecular flexibility index (Phi) is 7.22. The van der Waals surface area contributed by atoms with Crippen LogP contribution in [0.15, 0.2) is 47.4 Å². The van der Waals surface area contributed by atoms with Gasteiger partial charge in [-0.05, 0) is 69.7 Å². The Hall–Kier alpha value is -2.91. The van der Waals surface area contributed by atoms with Gasteiger partial charge >= 0.3 is 0 Å². The fourth-order valence-electron chi connectivity index (χ4n) is 2.62. The Morgan fingerprint density at radius 1 is 1.03 bits per heavy atom. The van der Waals surface area contributed by atoms with Gasteiger partial charge in [-0.25, -0.2) is 13.1 Å². The van der Waals surface area contributed by atoms with Crippen LogP contribution in [-0.4, -0.2) is 39.4 Å². The normalized spacial score (nSPS) is 11.6. The molecule has 2 aromatic rings. The van der Waals surface area contributed by atoms with Crippen LogP contribution >= 0.6 is 0 Å². The van der Waals surface area contributed by atoms with Crippen LogP contribution in [0.25, 0.3) is 0 Å². The topological polar surface area (TPSA) is 114 Å². The summed E-state index contributed by atoms with van der Waals surface area (Å²) in [5, 5.41) is 5.20. The molecule has 0 aromatic heterocycles. The first-order valence-electron chi connectivity index (χ1n) is 9.28. The van der Waals surface area contributed by atoms with Gasteiger partial charge in [-0.1, -0.05) is 6.07 Å². The number of hydrogen-bond donors (Lipinski definition) is 3. The predicted molar refractivity (Wildman–Crippen MR) is 115 cm³/mol. The van der Waals surface area contributed by atoms with Crippen LogP contribution in [-0.2, 0) is 14.8 Å². The highest BCUT2D eigenvalue weighted by atomic mass is 32.2. The molecular formula is C21H27N3O5S. The predicted octanol–water partition coefficient (Wildman–Crippen LogP) is 2.45. The van der Waals surface area contributed by atoms with E-state index in [9.17, 15) is 18.0 Å². The van der Waals surface area contributed by atoms with Gasteiger partial charge in [0.1, 0.15) is 5.75 Å². The summed E-state index contributed by atoms with van der Waals surface area (Å²) in [6, 6.07) is 10.9. The Bertz CT molecular complexity index is 1030. The van der Waals surface area contributed by atoms with Gasteiger partial charge in [0.05, 0.1) is 24.2 Å². The molecule has 0 bridgehead atoms. The van der Waals surface area contributed by atoms with E-state index in [4.69, 9.17) is 4.74 Å². The van der Waals surface area contributed by atoms with Crippen molar-refractivity contribution in [3.05, 3.63) is 53.6 Å². The Morgan fingerprint density at radius 3 is 2.23 bits per heavy atom. The van der Waals surface area contributed by atoms with Crippen molar-refractivity contribution in [2.75, 3.05) is 19.0 Å². The third kappa shape index (κ3) is 6.57. The van der Waals surface area contributed by atoms with Crippen molar-refractivity contribution < 1.29 is 22.7 Å². The first kappa shape index (κ1) is 23.4. The number of amides is 2. The number of carbonyl (C=O) groups is 2. The summed E-state index contributed by atoms with van der Waals surface area (Å²) < 4.78 is 32.4. The summed E-state index contributed by atoms with van der Waals surface area (Å²) in [6.45, 7) is 6.86. The van der Waals surface area contributed by atoms with Crippen molar-refractivity contribution in [2.45, 2.75) is 38.1 Å². The standard InChI is InChI=1S/C21H27N3O5S/c1-14-6-11-18(29-5)17(12-14)23-19(25)13-22-20(26)15-7-9-16(10-8-15)30(27,28)24-21(2,3)4/h6-12,24H,13H2,1-5H3,(H,22,26)(H,23,25). The van der Waals surface area contributed by atoms with E-state index in [0.717, 1.165) is 5.56 Å². The number of anilines is 1. The van der Waals surface area contributed by atoms with Crippen molar-refractivity contribution in [1.82, 2.24) is 10.0 Å². The molecule has 0 aliphatic heterocycles. The molecule has 2 amide bonds. The van der Waals surface area contributed by atoms with Crippen LogP contribution in [0.3, 0.4) is 0 Å². The zero-order valence-corrected chi connectivity index (χ0v) is 18.5. The highest BCUT2D eigenvalue weighted by molar-refractivity contribution is 7.89. The van der Waals surface area contributed by atoms with Gasteiger partial charge in [-0.3, -0.25) is 9.59 Å². The maximum Gasteiger partial charge on any atom is 0.251 e. The molecule has 0 fully saturated rings.